The van der Waals surface area contributed by atoms with Crippen LogP contribution in [0.15, 0.2) is 47.4 Å². The van der Waals surface area contributed by atoms with Crippen LogP contribution in [-0.2, 0) is 21.2 Å². The first-order valence-electron chi connectivity index (χ1n) is 9.07. The molecule has 7 heteroatoms. The second-order valence-electron chi connectivity index (χ2n) is 7.15. The summed E-state index contributed by atoms with van der Waals surface area (Å²) in [7, 11) is -1.66. The Labute approximate surface area is 160 Å². The fraction of sp³-hybridized carbons (Fsp3) is 0.350. The average molecular weight is 385 g/mol. The SMILES string of the molecule is Cc1ccc(S(=O)(=O)N2CCN(c3ccc4c(c3)CC(=O)N4C)CC2)cc1. The van der Waals surface area contributed by atoms with Gasteiger partial charge in [0.25, 0.3) is 0 Å². The molecule has 0 aromatic heterocycles. The van der Waals surface area contributed by atoms with E-state index in [0.717, 1.165) is 22.5 Å². The molecule has 2 heterocycles. The van der Waals surface area contributed by atoms with Gasteiger partial charge in [0, 0.05) is 44.6 Å². The number of amides is 1. The van der Waals surface area contributed by atoms with Gasteiger partial charge in [0.2, 0.25) is 15.9 Å². The van der Waals surface area contributed by atoms with Gasteiger partial charge >= 0.3 is 0 Å². The summed E-state index contributed by atoms with van der Waals surface area (Å²) in [6.45, 7) is 4.11. The number of carbonyl (C=O) groups is 1. The van der Waals surface area contributed by atoms with Crippen LogP contribution in [0.1, 0.15) is 11.1 Å². The van der Waals surface area contributed by atoms with E-state index in [4.69, 9.17) is 0 Å². The summed E-state index contributed by atoms with van der Waals surface area (Å²) in [5.41, 5.74) is 4.09. The molecule has 142 valence electrons. The Balaban J connectivity index is 1.47. The lowest BCUT2D eigenvalue weighted by molar-refractivity contribution is -0.117. The number of piperazine rings is 1. The van der Waals surface area contributed by atoms with Gasteiger partial charge in [-0.15, -0.1) is 0 Å². The van der Waals surface area contributed by atoms with Crippen molar-refractivity contribution >= 4 is 27.3 Å². The van der Waals surface area contributed by atoms with E-state index < -0.39 is 10.0 Å². The Morgan fingerprint density at radius 3 is 2.26 bits per heavy atom. The predicted molar refractivity (Wildman–Crippen MR) is 106 cm³/mol. The lowest BCUT2D eigenvalue weighted by atomic mass is 10.1. The summed E-state index contributed by atoms with van der Waals surface area (Å²) in [5, 5.41) is 0. The summed E-state index contributed by atoms with van der Waals surface area (Å²) >= 11 is 0. The maximum absolute atomic E-state index is 12.8. The molecule has 2 aliphatic rings. The molecule has 2 aromatic carbocycles. The van der Waals surface area contributed by atoms with Crippen LogP contribution in [0, 0.1) is 6.92 Å². The van der Waals surface area contributed by atoms with Gasteiger partial charge in [0.15, 0.2) is 0 Å². The van der Waals surface area contributed by atoms with E-state index >= 15 is 0 Å². The summed E-state index contributed by atoms with van der Waals surface area (Å²) < 4.78 is 27.2. The van der Waals surface area contributed by atoms with Crippen LogP contribution in [0.25, 0.3) is 0 Å². The summed E-state index contributed by atoms with van der Waals surface area (Å²) in [5.74, 6) is 0.108. The van der Waals surface area contributed by atoms with Crippen molar-refractivity contribution in [2.45, 2.75) is 18.2 Å². The number of hydrogen-bond acceptors (Lipinski definition) is 4. The van der Waals surface area contributed by atoms with Gasteiger partial charge in [-0.1, -0.05) is 17.7 Å². The van der Waals surface area contributed by atoms with Crippen LogP contribution in [0.5, 0.6) is 0 Å². The zero-order chi connectivity index (χ0) is 19.2. The first-order valence-corrected chi connectivity index (χ1v) is 10.5. The van der Waals surface area contributed by atoms with Gasteiger partial charge in [-0.2, -0.15) is 4.31 Å². The van der Waals surface area contributed by atoms with Crippen molar-refractivity contribution in [3.05, 3.63) is 53.6 Å². The first-order chi connectivity index (χ1) is 12.9. The quantitative estimate of drug-likeness (QED) is 0.811. The molecule has 0 spiro atoms. The molecular weight excluding hydrogens is 362 g/mol. The van der Waals surface area contributed by atoms with Crippen molar-refractivity contribution in [2.75, 3.05) is 43.0 Å². The number of nitrogens with zero attached hydrogens (tertiary/aromatic N) is 3. The Hall–Kier alpha value is -2.38. The lowest BCUT2D eigenvalue weighted by Crippen LogP contribution is -2.48. The smallest absolute Gasteiger partial charge is 0.243 e. The third-order valence-electron chi connectivity index (χ3n) is 5.40. The van der Waals surface area contributed by atoms with Gasteiger partial charge in [-0.05, 0) is 42.8 Å². The number of sulfonamides is 1. The first kappa shape index (κ1) is 18.0. The van der Waals surface area contributed by atoms with Crippen molar-refractivity contribution in [1.82, 2.24) is 4.31 Å². The van der Waals surface area contributed by atoms with E-state index in [0.29, 0.717) is 37.5 Å². The number of anilines is 2. The summed E-state index contributed by atoms with van der Waals surface area (Å²) in [4.78, 5) is 16.1. The van der Waals surface area contributed by atoms with Crippen LogP contribution >= 0.6 is 0 Å². The summed E-state index contributed by atoms with van der Waals surface area (Å²) in [6.07, 6.45) is 0.432. The Kier molecular flexibility index (Phi) is 4.44. The molecule has 1 saturated heterocycles. The van der Waals surface area contributed by atoms with Gasteiger partial charge in [-0.25, -0.2) is 8.42 Å². The molecule has 2 aliphatic heterocycles. The minimum atomic E-state index is -3.45. The Morgan fingerprint density at radius 2 is 1.59 bits per heavy atom. The Morgan fingerprint density at radius 1 is 0.926 bits per heavy atom. The molecule has 0 atom stereocenters. The van der Waals surface area contributed by atoms with E-state index in [1.807, 2.05) is 31.2 Å². The molecule has 0 N–H and O–H groups in total. The van der Waals surface area contributed by atoms with Crippen molar-refractivity contribution in [2.24, 2.45) is 0 Å². The van der Waals surface area contributed by atoms with Crippen LogP contribution in [0.4, 0.5) is 11.4 Å². The average Bonchev–Trinajstić information content (AvgIpc) is 2.95. The van der Waals surface area contributed by atoms with Gasteiger partial charge in [0.1, 0.15) is 0 Å². The van der Waals surface area contributed by atoms with Crippen LogP contribution < -0.4 is 9.80 Å². The molecular formula is C20H23N3O3S. The molecule has 6 nitrogen and oxygen atoms in total. The molecule has 0 saturated carbocycles. The standard InChI is InChI=1S/C20H23N3O3S/c1-15-3-6-18(7-4-15)27(25,26)23-11-9-22(10-12-23)17-5-8-19-16(13-17)14-20(24)21(19)2/h3-8,13H,9-12,14H2,1-2H3. The molecule has 2 aromatic rings. The highest BCUT2D eigenvalue weighted by molar-refractivity contribution is 7.89. The third-order valence-corrected chi connectivity index (χ3v) is 7.32. The minimum Gasteiger partial charge on any atom is -0.369 e. The molecule has 1 amide bonds. The second-order valence-corrected chi connectivity index (χ2v) is 9.08. The van der Waals surface area contributed by atoms with Crippen LogP contribution in [-0.4, -0.2) is 51.9 Å². The van der Waals surface area contributed by atoms with Crippen molar-refractivity contribution in [3.63, 3.8) is 0 Å². The van der Waals surface area contributed by atoms with E-state index in [1.165, 1.54) is 0 Å². The minimum absolute atomic E-state index is 0.108. The summed E-state index contributed by atoms with van der Waals surface area (Å²) in [6, 6.07) is 13.0. The maximum atomic E-state index is 12.8. The Bertz CT molecular complexity index is 978. The molecule has 0 radical (unpaired) electrons. The molecule has 0 bridgehead atoms. The maximum Gasteiger partial charge on any atom is 0.243 e. The predicted octanol–water partition coefficient (Wildman–Crippen LogP) is 2.02. The fourth-order valence-corrected chi connectivity index (χ4v) is 5.12. The normalized spacial score (nSPS) is 18.1. The van der Waals surface area contributed by atoms with E-state index in [-0.39, 0.29) is 5.91 Å². The van der Waals surface area contributed by atoms with E-state index in [1.54, 1.807) is 28.4 Å². The monoisotopic (exact) mass is 385 g/mol. The van der Waals surface area contributed by atoms with E-state index in [2.05, 4.69) is 11.0 Å². The lowest BCUT2D eigenvalue weighted by Gasteiger charge is -2.35. The number of aryl methyl sites for hydroxylation is 1. The molecule has 27 heavy (non-hydrogen) atoms. The topological polar surface area (TPSA) is 60.9 Å². The number of likely N-dealkylation sites (N-methyl/N-ethyl adjacent to an activating group) is 1. The highest BCUT2D eigenvalue weighted by Crippen LogP contribution is 2.32. The van der Waals surface area contributed by atoms with Crippen LogP contribution in [0.3, 0.4) is 0 Å². The number of rotatable bonds is 3. The fourth-order valence-electron chi connectivity index (χ4n) is 3.70. The molecule has 4 rings (SSSR count). The zero-order valence-electron chi connectivity index (χ0n) is 15.6. The molecule has 0 aliphatic carbocycles. The largest absolute Gasteiger partial charge is 0.369 e. The third kappa shape index (κ3) is 3.21. The highest BCUT2D eigenvalue weighted by atomic mass is 32.2. The second kappa shape index (κ2) is 6.65. The van der Waals surface area contributed by atoms with Crippen LogP contribution in [0.2, 0.25) is 0 Å². The van der Waals surface area contributed by atoms with Crippen molar-refractivity contribution < 1.29 is 13.2 Å². The van der Waals surface area contributed by atoms with Gasteiger partial charge in [-0.3, -0.25) is 4.79 Å². The van der Waals surface area contributed by atoms with E-state index in [9.17, 15) is 13.2 Å². The zero-order valence-corrected chi connectivity index (χ0v) is 16.4. The number of fused-ring (bicyclic) bond motifs is 1. The number of benzene rings is 2. The molecule has 0 unspecified atom stereocenters. The van der Waals surface area contributed by atoms with Gasteiger partial charge in [0.05, 0.1) is 11.3 Å². The van der Waals surface area contributed by atoms with Gasteiger partial charge < -0.3 is 9.80 Å². The number of carbonyl (C=O) groups excluding carboxylic acids is 1. The van der Waals surface area contributed by atoms with Crippen molar-refractivity contribution in [1.29, 1.82) is 0 Å². The van der Waals surface area contributed by atoms with Crippen molar-refractivity contribution in [3.8, 4) is 0 Å². The molecule has 1 fully saturated rings. The number of hydrogen-bond donors (Lipinski definition) is 0. The highest BCUT2D eigenvalue weighted by Gasteiger charge is 2.29.